The average Bonchev–Trinajstić information content (AvgIpc) is 1.88. The summed E-state index contributed by atoms with van der Waals surface area (Å²) in [6.07, 6.45) is 0. The van der Waals surface area contributed by atoms with Crippen LogP contribution in [0.25, 0.3) is 0 Å². The van der Waals surface area contributed by atoms with Crippen molar-refractivity contribution >= 4 is 5.71 Å². The standard InChI is InChI=1S/C7H15N3/c1-7(2)9-10-5-3-8-4-6-10/h8H,3-6H2,1-2H3. The summed E-state index contributed by atoms with van der Waals surface area (Å²) in [4.78, 5) is 0. The van der Waals surface area contributed by atoms with Crippen molar-refractivity contribution in [3.8, 4) is 0 Å². The van der Waals surface area contributed by atoms with Crippen LogP contribution < -0.4 is 5.32 Å². The van der Waals surface area contributed by atoms with Crippen molar-refractivity contribution in [2.45, 2.75) is 13.8 Å². The van der Waals surface area contributed by atoms with Crippen molar-refractivity contribution in [3.63, 3.8) is 0 Å². The van der Waals surface area contributed by atoms with Crippen LogP contribution in [0.1, 0.15) is 13.8 Å². The highest BCUT2D eigenvalue weighted by Gasteiger charge is 2.04. The highest BCUT2D eigenvalue weighted by Crippen LogP contribution is 1.92. The van der Waals surface area contributed by atoms with Gasteiger partial charge >= 0.3 is 0 Å². The molecule has 1 N–H and O–H groups in total. The quantitative estimate of drug-likeness (QED) is 0.531. The van der Waals surface area contributed by atoms with Crippen LogP contribution in [0.15, 0.2) is 5.10 Å². The summed E-state index contributed by atoms with van der Waals surface area (Å²) in [6.45, 7) is 8.29. The summed E-state index contributed by atoms with van der Waals surface area (Å²) in [5, 5.41) is 9.74. The fraction of sp³-hybridized carbons (Fsp3) is 0.857. The Morgan fingerprint density at radius 3 is 2.40 bits per heavy atom. The number of nitrogens with one attached hydrogen (secondary N) is 1. The third kappa shape index (κ3) is 2.35. The van der Waals surface area contributed by atoms with Gasteiger partial charge in [0.15, 0.2) is 0 Å². The normalized spacial score (nSPS) is 18.8. The van der Waals surface area contributed by atoms with Crippen molar-refractivity contribution in [2.24, 2.45) is 5.10 Å². The third-order valence-corrected chi connectivity index (χ3v) is 1.43. The molecule has 0 aromatic heterocycles. The Labute approximate surface area is 62.1 Å². The fourth-order valence-electron chi connectivity index (χ4n) is 1.04. The minimum atomic E-state index is 1.05. The van der Waals surface area contributed by atoms with Crippen molar-refractivity contribution in [3.05, 3.63) is 0 Å². The van der Waals surface area contributed by atoms with Gasteiger partial charge in [-0.05, 0) is 13.8 Å². The van der Waals surface area contributed by atoms with E-state index >= 15 is 0 Å². The topological polar surface area (TPSA) is 27.6 Å². The molecule has 3 nitrogen and oxygen atoms in total. The van der Waals surface area contributed by atoms with E-state index in [1.165, 1.54) is 0 Å². The summed E-state index contributed by atoms with van der Waals surface area (Å²) in [5.74, 6) is 0. The molecular formula is C7H15N3. The smallest absolute Gasteiger partial charge is 0.0485 e. The van der Waals surface area contributed by atoms with Gasteiger partial charge in [-0.2, -0.15) is 5.10 Å². The lowest BCUT2D eigenvalue weighted by molar-refractivity contribution is 0.252. The summed E-state index contributed by atoms with van der Waals surface area (Å²) < 4.78 is 0. The zero-order chi connectivity index (χ0) is 7.40. The molecule has 0 aliphatic carbocycles. The third-order valence-electron chi connectivity index (χ3n) is 1.43. The lowest BCUT2D eigenvalue weighted by atomic mass is 10.4. The Morgan fingerprint density at radius 1 is 1.30 bits per heavy atom. The number of rotatable bonds is 1. The van der Waals surface area contributed by atoms with Crippen LogP contribution in [-0.4, -0.2) is 36.9 Å². The van der Waals surface area contributed by atoms with Crippen LogP contribution in [0.5, 0.6) is 0 Å². The van der Waals surface area contributed by atoms with E-state index in [0.29, 0.717) is 0 Å². The molecule has 1 aliphatic heterocycles. The van der Waals surface area contributed by atoms with Crippen LogP contribution in [0, 0.1) is 0 Å². The van der Waals surface area contributed by atoms with E-state index in [9.17, 15) is 0 Å². The molecule has 1 rings (SSSR count). The van der Waals surface area contributed by atoms with Crippen LogP contribution in [0.4, 0.5) is 0 Å². The SMILES string of the molecule is CC(C)=NN1CCNCC1. The van der Waals surface area contributed by atoms with Crippen LogP contribution >= 0.6 is 0 Å². The Kier molecular flexibility index (Phi) is 2.68. The van der Waals surface area contributed by atoms with Crippen molar-refractivity contribution in [1.82, 2.24) is 10.3 Å². The molecule has 0 unspecified atom stereocenters. The Hall–Kier alpha value is -0.570. The predicted octanol–water partition coefficient (Wildman–Crippen LogP) is 0.287. The van der Waals surface area contributed by atoms with E-state index in [4.69, 9.17) is 0 Å². The largest absolute Gasteiger partial charge is 0.313 e. The first kappa shape index (κ1) is 7.54. The summed E-state index contributed by atoms with van der Waals surface area (Å²) >= 11 is 0. The Balaban J connectivity index is 2.33. The molecule has 0 amide bonds. The molecule has 58 valence electrons. The molecular weight excluding hydrogens is 126 g/mol. The van der Waals surface area contributed by atoms with Gasteiger partial charge < -0.3 is 5.32 Å². The van der Waals surface area contributed by atoms with Gasteiger partial charge in [0, 0.05) is 31.9 Å². The van der Waals surface area contributed by atoms with Gasteiger partial charge in [0.05, 0.1) is 0 Å². The second-order valence-electron chi connectivity index (χ2n) is 2.75. The van der Waals surface area contributed by atoms with Crippen LogP contribution in [0.2, 0.25) is 0 Å². The van der Waals surface area contributed by atoms with Crippen LogP contribution in [-0.2, 0) is 0 Å². The number of hydrazone groups is 1. The van der Waals surface area contributed by atoms with E-state index < -0.39 is 0 Å². The number of nitrogens with zero attached hydrogens (tertiary/aromatic N) is 2. The molecule has 0 radical (unpaired) electrons. The minimum Gasteiger partial charge on any atom is -0.313 e. The van der Waals surface area contributed by atoms with Gasteiger partial charge in [0.1, 0.15) is 0 Å². The molecule has 0 aromatic rings. The lowest BCUT2D eigenvalue weighted by Gasteiger charge is -2.24. The van der Waals surface area contributed by atoms with Crippen molar-refractivity contribution in [1.29, 1.82) is 0 Å². The summed E-state index contributed by atoms with van der Waals surface area (Å²) in [6, 6.07) is 0. The minimum absolute atomic E-state index is 1.05. The molecule has 0 atom stereocenters. The summed E-state index contributed by atoms with van der Waals surface area (Å²) in [5.41, 5.74) is 1.14. The Bertz CT molecular complexity index is 121. The number of piperazine rings is 1. The monoisotopic (exact) mass is 141 g/mol. The van der Waals surface area contributed by atoms with Gasteiger partial charge in [-0.1, -0.05) is 0 Å². The van der Waals surface area contributed by atoms with Gasteiger partial charge in [0.25, 0.3) is 0 Å². The first-order chi connectivity index (χ1) is 4.79. The molecule has 1 fully saturated rings. The zero-order valence-electron chi connectivity index (χ0n) is 6.72. The van der Waals surface area contributed by atoms with E-state index in [-0.39, 0.29) is 0 Å². The highest BCUT2D eigenvalue weighted by atomic mass is 15.5. The number of hydrogen-bond donors (Lipinski definition) is 1. The van der Waals surface area contributed by atoms with E-state index in [0.717, 1.165) is 31.9 Å². The summed E-state index contributed by atoms with van der Waals surface area (Å²) in [7, 11) is 0. The van der Waals surface area contributed by atoms with Gasteiger partial charge in [-0.3, -0.25) is 5.01 Å². The van der Waals surface area contributed by atoms with Gasteiger partial charge in [0.2, 0.25) is 0 Å². The molecule has 1 saturated heterocycles. The molecule has 0 bridgehead atoms. The van der Waals surface area contributed by atoms with Crippen molar-refractivity contribution in [2.75, 3.05) is 26.2 Å². The average molecular weight is 141 g/mol. The molecule has 1 aliphatic rings. The van der Waals surface area contributed by atoms with Gasteiger partial charge in [-0.25, -0.2) is 0 Å². The maximum atomic E-state index is 4.35. The second kappa shape index (κ2) is 3.56. The molecule has 0 spiro atoms. The van der Waals surface area contributed by atoms with Gasteiger partial charge in [-0.15, -0.1) is 0 Å². The van der Waals surface area contributed by atoms with E-state index in [1.807, 2.05) is 13.8 Å². The lowest BCUT2D eigenvalue weighted by Crippen LogP contribution is -2.40. The van der Waals surface area contributed by atoms with E-state index in [2.05, 4.69) is 15.4 Å². The van der Waals surface area contributed by atoms with Crippen molar-refractivity contribution < 1.29 is 0 Å². The number of hydrogen-bond acceptors (Lipinski definition) is 3. The second-order valence-corrected chi connectivity index (χ2v) is 2.75. The first-order valence-electron chi connectivity index (χ1n) is 3.76. The highest BCUT2D eigenvalue weighted by molar-refractivity contribution is 5.78. The molecule has 3 heteroatoms. The maximum absolute atomic E-state index is 4.35. The first-order valence-corrected chi connectivity index (χ1v) is 3.76. The molecule has 10 heavy (non-hydrogen) atoms. The zero-order valence-corrected chi connectivity index (χ0v) is 6.72. The molecule has 0 aromatic carbocycles. The van der Waals surface area contributed by atoms with Crippen LogP contribution in [0.3, 0.4) is 0 Å². The molecule has 1 heterocycles. The predicted molar refractivity (Wildman–Crippen MR) is 43.2 cm³/mol. The fourth-order valence-corrected chi connectivity index (χ4v) is 1.04. The molecule has 0 saturated carbocycles. The maximum Gasteiger partial charge on any atom is 0.0485 e. The van der Waals surface area contributed by atoms with E-state index in [1.54, 1.807) is 0 Å². The Morgan fingerprint density at radius 2 is 1.90 bits per heavy atom.